The van der Waals surface area contributed by atoms with E-state index < -0.39 is 0 Å². The van der Waals surface area contributed by atoms with Gasteiger partial charge in [0.15, 0.2) is 0 Å². The lowest BCUT2D eigenvalue weighted by Crippen LogP contribution is -2.28. The standard InChI is InChI=1S/C8H7BN2O2/c9-11-8(13)6-4-2-1-3-5(6)7(12)10-11/h1-4H,9H2,(H,10,12). The van der Waals surface area contributed by atoms with Gasteiger partial charge in [-0.3, -0.25) is 14.7 Å². The minimum Gasteiger partial charge on any atom is -0.307 e. The summed E-state index contributed by atoms with van der Waals surface area (Å²) >= 11 is 0. The van der Waals surface area contributed by atoms with Crippen molar-refractivity contribution in [2.24, 2.45) is 0 Å². The third-order valence-corrected chi connectivity index (χ3v) is 1.98. The van der Waals surface area contributed by atoms with Gasteiger partial charge in [0.2, 0.25) is 0 Å². The Balaban J connectivity index is 3.15. The first-order valence-corrected chi connectivity index (χ1v) is 3.88. The van der Waals surface area contributed by atoms with Gasteiger partial charge in [0, 0.05) is 0 Å². The summed E-state index contributed by atoms with van der Waals surface area (Å²) in [6.45, 7) is 0. The molecule has 1 heterocycles. The number of fused-ring (bicyclic) bond motifs is 1. The highest BCUT2D eigenvalue weighted by Crippen LogP contribution is 2.01. The van der Waals surface area contributed by atoms with E-state index in [0.717, 1.165) is 0 Å². The van der Waals surface area contributed by atoms with E-state index in [9.17, 15) is 9.59 Å². The molecule has 1 aromatic carbocycles. The van der Waals surface area contributed by atoms with Crippen LogP contribution in [0.25, 0.3) is 10.8 Å². The van der Waals surface area contributed by atoms with Gasteiger partial charge in [-0.25, -0.2) is 0 Å². The Kier molecular flexibility index (Phi) is 1.58. The number of aromatic amines is 1. The van der Waals surface area contributed by atoms with Crippen molar-refractivity contribution in [3.8, 4) is 0 Å². The summed E-state index contributed by atoms with van der Waals surface area (Å²) in [6.07, 6.45) is 0. The zero-order valence-corrected chi connectivity index (χ0v) is 7.07. The molecular formula is C8H7BN2O2. The van der Waals surface area contributed by atoms with Crippen LogP contribution in [0.3, 0.4) is 0 Å². The number of aromatic nitrogens is 2. The number of nitrogens with zero attached hydrogens (tertiary/aromatic N) is 1. The molecule has 0 radical (unpaired) electrons. The summed E-state index contributed by atoms with van der Waals surface area (Å²) in [4.78, 5) is 22.8. The fraction of sp³-hybridized carbons (Fsp3) is 0. The molecular weight excluding hydrogens is 167 g/mol. The van der Waals surface area contributed by atoms with Crippen molar-refractivity contribution >= 4 is 18.8 Å². The highest BCUT2D eigenvalue weighted by atomic mass is 16.1. The van der Waals surface area contributed by atoms with E-state index in [1.807, 2.05) is 0 Å². The number of hydrogen-bond donors (Lipinski definition) is 1. The van der Waals surface area contributed by atoms with Crippen LogP contribution >= 0.6 is 0 Å². The largest absolute Gasteiger partial charge is 0.307 e. The number of hydrogen-bond acceptors (Lipinski definition) is 2. The molecule has 0 spiro atoms. The lowest BCUT2D eigenvalue weighted by Gasteiger charge is -1.99. The van der Waals surface area contributed by atoms with Crippen molar-refractivity contribution in [2.45, 2.75) is 0 Å². The molecule has 0 saturated carbocycles. The highest BCUT2D eigenvalue weighted by Gasteiger charge is 2.02. The third-order valence-electron chi connectivity index (χ3n) is 1.98. The van der Waals surface area contributed by atoms with Crippen molar-refractivity contribution in [1.29, 1.82) is 0 Å². The maximum atomic E-state index is 11.5. The van der Waals surface area contributed by atoms with Crippen molar-refractivity contribution in [1.82, 2.24) is 9.69 Å². The molecule has 0 aliphatic carbocycles. The third kappa shape index (κ3) is 1.09. The average molecular weight is 174 g/mol. The SMILES string of the molecule is Bn1[nH]c(=O)c2ccccc2c1=O. The van der Waals surface area contributed by atoms with Crippen LogP contribution in [-0.2, 0) is 0 Å². The Hall–Kier alpha value is -1.78. The molecule has 0 fully saturated rings. The first-order chi connectivity index (χ1) is 6.20. The predicted octanol–water partition coefficient (Wildman–Crippen LogP) is -0.914. The van der Waals surface area contributed by atoms with Crippen LogP contribution in [0.1, 0.15) is 0 Å². The zero-order valence-electron chi connectivity index (χ0n) is 7.07. The molecule has 0 aliphatic heterocycles. The molecule has 4 nitrogen and oxygen atoms in total. The predicted molar refractivity (Wildman–Crippen MR) is 52.8 cm³/mol. The molecule has 13 heavy (non-hydrogen) atoms. The molecule has 0 unspecified atom stereocenters. The Morgan fingerprint density at radius 2 is 1.77 bits per heavy atom. The van der Waals surface area contributed by atoms with E-state index >= 15 is 0 Å². The second-order valence-electron chi connectivity index (χ2n) is 2.85. The van der Waals surface area contributed by atoms with Gasteiger partial charge in [0.05, 0.1) is 10.8 Å². The van der Waals surface area contributed by atoms with Gasteiger partial charge in [-0.15, -0.1) is 0 Å². The maximum absolute atomic E-state index is 11.5. The van der Waals surface area contributed by atoms with Crippen molar-refractivity contribution in [3.63, 3.8) is 0 Å². The van der Waals surface area contributed by atoms with Gasteiger partial charge >= 0.3 is 0 Å². The summed E-state index contributed by atoms with van der Waals surface area (Å²) in [5, 5.41) is 3.32. The van der Waals surface area contributed by atoms with Crippen LogP contribution in [0.5, 0.6) is 0 Å². The van der Waals surface area contributed by atoms with E-state index in [1.165, 1.54) is 12.6 Å². The molecule has 0 amide bonds. The van der Waals surface area contributed by atoms with E-state index in [2.05, 4.69) is 5.10 Å². The summed E-state index contributed by atoms with van der Waals surface area (Å²) in [5.74, 6) is 0. The average Bonchev–Trinajstić information content (AvgIpc) is 2.15. The molecule has 1 aromatic heterocycles. The van der Waals surface area contributed by atoms with Gasteiger partial charge in [0.25, 0.3) is 19.1 Å². The Bertz CT molecular complexity index is 570. The van der Waals surface area contributed by atoms with Gasteiger partial charge in [0.1, 0.15) is 0 Å². The van der Waals surface area contributed by atoms with Crippen molar-refractivity contribution in [2.75, 3.05) is 0 Å². The van der Waals surface area contributed by atoms with Gasteiger partial charge in [-0.05, 0) is 12.1 Å². The van der Waals surface area contributed by atoms with E-state index in [4.69, 9.17) is 0 Å². The van der Waals surface area contributed by atoms with Gasteiger partial charge < -0.3 is 4.59 Å². The van der Waals surface area contributed by atoms with Crippen LogP contribution in [0.15, 0.2) is 33.9 Å². The minimum absolute atomic E-state index is 0.185. The second kappa shape index (κ2) is 2.62. The molecule has 0 atom stereocenters. The summed E-state index contributed by atoms with van der Waals surface area (Å²) in [6, 6.07) is 6.75. The summed E-state index contributed by atoms with van der Waals surface area (Å²) in [5.41, 5.74) is -0.423. The fourth-order valence-electron chi connectivity index (χ4n) is 1.31. The van der Waals surface area contributed by atoms with Crippen molar-refractivity contribution < 1.29 is 0 Å². The molecule has 64 valence electrons. The lowest BCUT2D eigenvalue weighted by atomic mass is 10.2. The number of rotatable bonds is 0. The first kappa shape index (κ1) is 7.85. The normalized spacial score (nSPS) is 10.5. The topological polar surface area (TPSA) is 54.9 Å². The molecule has 2 aromatic rings. The summed E-state index contributed by atoms with van der Waals surface area (Å²) in [7, 11) is 1.52. The van der Waals surface area contributed by atoms with Gasteiger partial charge in [-0.2, -0.15) is 0 Å². The molecule has 0 saturated heterocycles. The Morgan fingerprint density at radius 1 is 1.15 bits per heavy atom. The van der Waals surface area contributed by atoms with Crippen LogP contribution in [0, 0.1) is 0 Å². The molecule has 2 rings (SSSR count). The smallest absolute Gasteiger partial charge is 0.269 e. The molecule has 5 heteroatoms. The quantitative estimate of drug-likeness (QED) is 0.525. The van der Waals surface area contributed by atoms with E-state index in [0.29, 0.717) is 10.8 Å². The van der Waals surface area contributed by atoms with Crippen LogP contribution in [0.4, 0.5) is 0 Å². The second-order valence-corrected chi connectivity index (χ2v) is 2.85. The highest BCUT2D eigenvalue weighted by molar-refractivity contribution is 6.06. The zero-order chi connectivity index (χ0) is 9.42. The fourth-order valence-corrected chi connectivity index (χ4v) is 1.31. The van der Waals surface area contributed by atoms with E-state index in [-0.39, 0.29) is 11.1 Å². The molecule has 0 bridgehead atoms. The monoisotopic (exact) mass is 174 g/mol. The van der Waals surface area contributed by atoms with Crippen LogP contribution in [-0.4, -0.2) is 17.7 Å². The number of nitrogens with one attached hydrogen (secondary N) is 1. The molecule has 0 aliphatic rings. The first-order valence-electron chi connectivity index (χ1n) is 3.88. The van der Waals surface area contributed by atoms with E-state index in [1.54, 1.807) is 24.3 Å². The Morgan fingerprint density at radius 3 is 2.46 bits per heavy atom. The van der Waals surface area contributed by atoms with Gasteiger partial charge in [-0.1, -0.05) is 12.1 Å². The van der Waals surface area contributed by atoms with Crippen LogP contribution in [0.2, 0.25) is 0 Å². The number of H-pyrrole nitrogens is 1. The maximum Gasteiger partial charge on any atom is 0.269 e. The van der Waals surface area contributed by atoms with Crippen LogP contribution < -0.4 is 11.1 Å². The Labute approximate surface area is 74.2 Å². The lowest BCUT2D eigenvalue weighted by molar-refractivity contribution is 0.892. The number of benzene rings is 1. The minimum atomic E-state index is -0.238. The summed E-state index contributed by atoms with van der Waals surface area (Å²) < 4.78 is 1.19. The molecule has 1 N–H and O–H groups in total. The van der Waals surface area contributed by atoms with Crippen molar-refractivity contribution in [3.05, 3.63) is 45.0 Å².